The Morgan fingerprint density at radius 1 is 1.33 bits per heavy atom. The van der Waals surface area contributed by atoms with E-state index in [-0.39, 0.29) is 17.8 Å². The largest absolute Gasteiger partial charge is 0.378 e. The van der Waals surface area contributed by atoms with Gasteiger partial charge in [0.1, 0.15) is 0 Å². The molecule has 1 aliphatic rings. The molecule has 0 atom stereocenters. The molecule has 0 aromatic carbocycles. The molecule has 2 N–H and O–H groups in total. The van der Waals surface area contributed by atoms with Crippen molar-refractivity contribution in [1.82, 2.24) is 4.90 Å². The Morgan fingerprint density at radius 3 is 2.38 bits per heavy atom. The van der Waals surface area contributed by atoms with Crippen molar-refractivity contribution < 1.29 is 9.53 Å². The predicted molar refractivity (Wildman–Crippen MR) is 89.7 cm³/mol. The van der Waals surface area contributed by atoms with Crippen LogP contribution in [0.25, 0.3) is 0 Å². The maximum atomic E-state index is 12.6. The highest BCUT2D eigenvalue weighted by molar-refractivity contribution is 5.85. The summed E-state index contributed by atoms with van der Waals surface area (Å²) in [5.41, 5.74) is 5.21. The van der Waals surface area contributed by atoms with Gasteiger partial charge >= 0.3 is 0 Å². The zero-order valence-corrected chi connectivity index (χ0v) is 14.9. The summed E-state index contributed by atoms with van der Waals surface area (Å²) in [5.74, 6) is 0.845. The van der Waals surface area contributed by atoms with Gasteiger partial charge in [0.2, 0.25) is 5.91 Å². The molecule has 21 heavy (non-hydrogen) atoms. The molecule has 5 heteroatoms. The molecule has 1 heterocycles. The van der Waals surface area contributed by atoms with E-state index < -0.39 is 0 Å². The van der Waals surface area contributed by atoms with Gasteiger partial charge in [0, 0.05) is 25.1 Å². The molecule has 0 radical (unpaired) electrons. The Morgan fingerprint density at radius 2 is 1.90 bits per heavy atom. The van der Waals surface area contributed by atoms with E-state index in [9.17, 15) is 4.79 Å². The second-order valence-corrected chi connectivity index (χ2v) is 6.99. The standard InChI is InChI=1S/C16H32N2O2.ClH/c1-13(2)12-16(3,4)15(19)18-9-6-14(7-10-18)20-11-5-8-17;/h13-14H,5-12,17H2,1-4H3;1H. The van der Waals surface area contributed by atoms with E-state index >= 15 is 0 Å². The normalized spacial score (nSPS) is 17.0. The molecule has 0 aliphatic carbocycles. The minimum Gasteiger partial charge on any atom is -0.378 e. The second kappa shape index (κ2) is 9.65. The lowest BCUT2D eigenvalue weighted by Gasteiger charge is -2.37. The van der Waals surface area contributed by atoms with Crippen molar-refractivity contribution in [2.75, 3.05) is 26.2 Å². The van der Waals surface area contributed by atoms with Crippen molar-refractivity contribution in [3.8, 4) is 0 Å². The Hall–Kier alpha value is -0.320. The third-order valence-electron chi connectivity index (χ3n) is 3.93. The van der Waals surface area contributed by atoms with Crippen LogP contribution >= 0.6 is 12.4 Å². The summed E-state index contributed by atoms with van der Waals surface area (Å²) >= 11 is 0. The van der Waals surface area contributed by atoms with E-state index in [0.717, 1.165) is 45.4 Å². The number of carbonyl (C=O) groups is 1. The van der Waals surface area contributed by atoms with Crippen LogP contribution in [-0.2, 0) is 9.53 Å². The summed E-state index contributed by atoms with van der Waals surface area (Å²) in [6.45, 7) is 11.6. The first kappa shape index (κ1) is 20.7. The number of hydrogen-bond donors (Lipinski definition) is 1. The van der Waals surface area contributed by atoms with Gasteiger partial charge in [0.15, 0.2) is 0 Å². The molecule has 0 aromatic heterocycles. The van der Waals surface area contributed by atoms with Crippen molar-refractivity contribution >= 4 is 18.3 Å². The minimum absolute atomic E-state index is 0. The van der Waals surface area contributed by atoms with E-state index in [4.69, 9.17) is 10.5 Å². The van der Waals surface area contributed by atoms with Gasteiger partial charge in [-0.25, -0.2) is 0 Å². The van der Waals surface area contributed by atoms with E-state index in [1.807, 2.05) is 4.90 Å². The number of carbonyl (C=O) groups excluding carboxylic acids is 1. The summed E-state index contributed by atoms with van der Waals surface area (Å²) in [7, 11) is 0. The lowest BCUT2D eigenvalue weighted by molar-refractivity contribution is -0.143. The van der Waals surface area contributed by atoms with Gasteiger partial charge in [-0.05, 0) is 38.1 Å². The molecule has 4 nitrogen and oxygen atoms in total. The summed E-state index contributed by atoms with van der Waals surface area (Å²) in [6.07, 6.45) is 4.07. The predicted octanol–water partition coefficient (Wildman–Crippen LogP) is 2.84. The van der Waals surface area contributed by atoms with Crippen LogP contribution in [0.5, 0.6) is 0 Å². The van der Waals surface area contributed by atoms with Gasteiger partial charge < -0.3 is 15.4 Å². The van der Waals surface area contributed by atoms with Gasteiger partial charge in [0.05, 0.1) is 6.10 Å². The van der Waals surface area contributed by atoms with Crippen molar-refractivity contribution in [1.29, 1.82) is 0 Å². The SMILES string of the molecule is CC(C)CC(C)(C)C(=O)N1CCC(OCCCN)CC1.Cl. The summed E-state index contributed by atoms with van der Waals surface area (Å²) in [6, 6.07) is 0. The molecule has 0 spiro atoms. The topological polar surface area (TPSA) is 55.6 Å². The van der Waals surface area contributed by atoms with Gasteiger partial charge in [-0.3, -0.25) is 4.79 Å². The van der Waals surface area contributed by atoms with E-state index in [0.29, 0.717) is 24.5 Å². The molecular weight excluding hydrogens is 288 g/mol. The lowest BCUT2D eigenvalue weighted by Crippen LogP contribution is -2.47. The number of halogens is 1. The number of rotatable bonds is 7. The Balaban J connectivity index is 0.00000400. The van der Waals surface area contributed by atoms with Gasteiger partial charge in [0.25, 0.3) is 0 Å². The number of amides is 1. The highest BCUT2D eigenvalue weighted by Gasteiger charge is 2.34. The van der Waals surface area contributed by atoms with Gasteiger partial charge in [-0.1, -0.05) is 27.7 Å². The Labute approximate surface area is 136 Å². The van der Waals surface area contributed by atoms with Gasteiger partial charge in [-0.2, -0.15) is 0 Å². The molecule has 0 unspecified atom stereocenters. The van der Waals surface area contributed by atoms with Crippen LogP contribution in [0.15, 0.2) is 0 Å². The van der Waals surface area contributed by atoms with Crippen LogP contribution in [0.2, 0.25) is 0 Å². The quantitative estimate of drug-likeness (QED) is 0.734. The number of piperidine rings is 1. The first-order chi connectivity index (χ1) is 9.36. The molecule has 126 valence electrons. The molecule has 0 aromatic rings. The van der Waals surface area contributed by atoms with Crippen molar-refractivity contribution in [3.05, 3.63) is 0 Å². The Bertz CT molecular complexity index is 301. The number of nitrogens with zero attached hydrogens (tertiary/aromatic N) is 1. The number of likely N-dealkylation sites (tertiary alicyclic amines) is 1. The highest BCUT2D eigenvalue weighted by atomic mass is 35.5. The fraction of sp³-hybridized carbons (Fsp3) is 0.938. The third-order valence-corrected chi connectivity index (χ3v) is 3.93. The molecule has 1 aliphatic heterocycles. The summed E-state index contributed by atoms with van der Waals surface area (Å²) in [5, 5.41) is 0. The van der Waals surface area contributed by atoms with Crippen molar-refractivity contribution in [2.45, 2.75) is 59.5 Å². The molecule has 0 saturated carbocycles. The molecule has 1 rings (SSSR count). The van der Waals surface area contributed by atoms with Crippen LogP contribution in [0.1, 0.15) is 53.4 Å². The average Bonchev–Trinajstić information content (AvgIpc) is 2.37. The molecule has 1 fully saturated rings. The maximum absolute atomic E-state index is 12.6. The van der Waals surface area contributed by atoms with Crippen LogP contribution < -0.4 is 5.73 Å². The monoisotopic (exact) mass is 320 g/mol. The third kappa shape index (κ3) is 6.98. The van der Waals surface area contributed by atoms with Crippen LogP contribution in [0, 0.1) is 11.3 Å². The van der Waals surface area contributed by atoms with Crippen LogP contribution in [0.4, 0.5) is 0 Å². The fourth-order valence-corrected chi connectivity index (χ4v) is 3.09. The van der Waals surface area contributed by atoms with E-state index in [1.54, 1.807) is 0 Å². The van der Waals surface area contributed by atoms with E-state index in [1.165, 1.54) is 0 Å². The lowest BCUT2D eigenvalue weighted by atomic mass is 9.82. The van der Waals surface area contributed by atoms with Crippen LogP contribution in [0.3, 0.4) is 0 Å². The van der Waals surface area contributed by atoms with Crippen molar-refractivity contribution in [3.63, 3.8) is 0 Å². The molecule has 0 bridgehead atoms. The minimum atomic E-state index is -0.249. The zero-order valence-electron chi connectivity index (χ0n) is 14.1. The number of ether oxygens (including phenoxy) is 1. The summed E-state index contributed by atoms with van der Waals surface area (Å²) in [4.78, 5) is 14.6. The molecule has 1 saturated heterocycles. The van der Waals surface area contributed by atoms with Crippen molar-refractivity contribution in [2.24, 2.45) is 17.1 Å². The van der Waals surface area contributed by atoms with Crippen LogP contribution in [-0.4, -0.2) is 43.2 Å². The first-order valence-electron chi connectivity index (χ1n) is 7.98. The maximum Gasteiger partial charge on any atom is 0.228 e. The second-order valence-electron chi connectivity index (χ2n) is 6.99. The fourth-order valence-electron chi connectivity index (χ4n) is 3.09. The number of nitrogens with two attached hydrogens (primary N) is 1. The smallest absolute Gasteiger partial charge is 0.228 e. The Kier molecular flexibility index (Phi) is 9.50. The highest BCUT2D eigenvalue weighted by Crippen LogP contribution is 2.29. The first-order valence-corrected chi connectivity index (χ1v) is 7.98. The van der Waals surface area contributed by atoms with E-state index in [2.05, 4.69) is 27.7 Å². The zero-order chi connectivity index (χ0) is 15.2. The average molecular weight is 321 g/mol. The molecule has 1 amide bonds. The number of hydrogen-bond acceptors (Lipinski definition) is 3. The summed E-state index contributed by atoms with van der Waals surface area (Å²) < 4.78 is 5.78. The van der Waals surface area contributed by atoms with Gasteiger partial charge in [-0.15, -0.1) is 12.4 Å². The molecular formula is C16H33ClN2O2.